The predicted molar refractivity (Wildman–Crippen MR) is 84.9 cm³/mol. The van der Waals surface area contributed by atoms with E-state index in [4.69, 9.17) is 0 Å². The SMILES string of the molecule is CCCN(CC(=O)NC(CC)CC)CC1CCCCN1. The van der Waals surface area contributed by atoms with E-state index in [1.54, 1.807) is 0 Å². The average molecular weight is 283 g/mol. The maximum atomic E-state index is 12.1. The van der Waals surface area contributed by atoms with Crippen LogP contribution in [-0.2, 0) is 4.79 Å². The van der Waals surface area contributed by atoms with E-state index in [1.165, 1.54) is 19.3 Å². The normalized spacial score (nSPS) is 19.6. The van der Waals surface area contributed by atoms with Crippen molar-refractivity contribution in [3.05, 3.63) is 0 Å². The Balaban J connectivity index is 2.38. The summed E-state index contributed by atoms with van der Waals surface area (Å²) in [6.07, 6.45) is 6.98. The number of amides is 1. The third-order valence-corrected chi connectivity index (χ3v) is 4.15. The molecule has 0 aromatic heterocycles. The van der Waals surface area contributed by atoms with Crippen LogP contribution in [0, 0.1) is 0 Å². The second-order valence-electron chi connectivity index (χ2n) is 5.96. The number of hydrogen-bond acceptors (Lipinski definition) is 3. The van der Waals surface area contributed by atoms with Crippen LogP contribution in [0.1, 0.15) is 59.3 Å². The standard InChI is InChI=1S/C16H33N3O/c1-4-11-19(12-15-9-7-8-10-17-15)13-16(20)18-14(5-2)6-3/h14-15,17H,4-13H2,1-3H3,(H,18,20). The molecule has 1 saturated heterocycles. The highest BCUT2D eigenvalue weighted by molar-refractivity contribution is 5.78. The lowest BCUT2D eigenvalue weighted by Gasteiger charge is -2.30. The molecule has 1 atom stereocenters. The van der Waals surface area contributed by atoms with Crippen molar-refractivity contribution >= 4 is 5.91 Å². The molecule has 20 heavy (non-hydrogen) atoms. The zero-order valence-corrected chi connectivity index (χ0v) is 13.6. The van der Waals surface area contributed by atoms with Crippen molar-refractivity contribution in [2.45, 2.75) is 71.4 Å². The van der Waals surface area contributed by atoms with E-state index in [-0.39, 0.29) is 5.91 Å². The molecule has 1 heterocycles. The molecule has 4 nitrogen and oxygen atoms in total. The lowest BCUT2D eigenvalue weighted by Crippen LogP contribution is -2.48. The van der Waals surface area contributed by atoms with Gasteiger partial charge in [0.2, 0.25) is 5.91 Å². The van der Waals surface area contributed by atoms with Crippen LogP contribution in [0.2, 0.25) is 0 Å². The highest BCUT2D eigenvalue weighted by Gasteiger charge is 2.18. The van der Waals surface area contributed by atoms with E-state index in [2.05, 4.69) is 36.3 Å². The molecule has 1 unspecified atom stereocenters. The number of piperidine rings is 1. The Kier molecular flexibility index (Phi) is 8.86. The summed E-state index contributed by atoms with van der Waals surface area (Å²) in [5, 5.41) is 6.71. The number of nitrogens with zero attached hydrogens (tertiary/aromatic N) is 1. The summed E-state index contributed by atoms with van der Waals surface area (Å²) in [6, 6.07) is 0.898. The summed E-state index contributed by atoms with van der Waals surface area (Å²) in [5.41, 5.74) is 0. The van der Waals surface area contributed by atoms with Crippen LogP contribution in [0.3, 0.4) is 0 Å². The molecule has 118 valence electrons. The average Bonchev–Trinajstić information content (AvgIpc) is 2.46. The summed E-state index contributed by atoms with van der Waals surface area (Å²) in [7, 11) is 0. The monoisotopic (exact) mass is 283 g/mol. The molecule has 4 heteroatoms. The molecule has 0 aromatic rings. The summed E-state index contributed by atoms with van der Waals surface area (Å²) >= 11 is 0. The van der Waals surface area contributed by atoms with Crippen LogP contribution in [0.4, 0.5) is 0 Å². The predicted octanol–water partition coefficient (Wildman–Crippen LogP) is 2.15. The molecule has 1 aliphatic rings. The first-order valence-electron chi connectivity index (χ1n) is 8.44. The Hall–Kier alpha value is -0.610. The van der Waals surface area contributed by atoms with Gasteiger partial charge in [-0.25, -0.2) is 0 Å². The quantitative estimate of drug-likeness (QED) is 0.681. The van der Waals surface area contributed by atoms with Crippen LogP contribution in [0.25, 0.3) is 0 Å². The van der Waals surface area contributed by atoms with Gasteiger partial charge in [-0.1, -0.05) is 27.2 Å². The first kappa shape index (κ1) is 17.4. The summed E-state index contributed by atoms with van der Waals surface area (Å²) in [6.45, 7) is 10.1. The van der Waals surface area contributed by atoms with Gasteiger partial charge in [-0.2, -0.15) is 0 Å². The van der Waals surface area contributed by atoms with E-state index in [0.717, 1.165) is 38.9 Å². The smallest absolute Gasteiger partial charge is 0.234 e. The van der Waals surface area contributed by atoms with E-state index < -0.39 is 0 Å². The molecule has 0 bridgehead atoms. The van der Waals surface area contributed by atoms with Crippen molar-refractivity contribution in [3.8, 4) is 0 Å². The van der Waals surface area contributed by atoms with Crippen LogP contribution in [0.5, 0.6) is 0 Å². The van der Waals surface area contributed by atoms with Crippen molar-refractivity contribution in [3.63, 3.8) is 0 Å². The fraction of sp³-hybridized carbons (Fsp3) is 0.938. The molecule has 1 aliphatic heterocycles. The minimum absolute atomic E-state index is 0.183. The van der Waals surface area contributed by atoms with Gasteiger partial charge in [-0.15, -0.1) is 0 Å². The molecular formula is C16H33N3O. The summed E-state index contributed by atoms with van der Waals surface area (Å²) < 4.78 is 0. The third kappa shape index (κ3) is 6.71. The largest absolute Gasteiger partial charge is 0.352 e. The van der Waals surface area contributed by atoms with Gasteiger partial charge in [0.15, 0.2) is 0 Å². The molecule has 1 amide bonds. The Bertz CT molecular complexity index is 260. The van der Waals surface area contributed by atoms with E-state index in [1.807, 2.05) is 0 Å². The first-order chi connectivity index (χ1) is 9.69. The first-order valence-corrected chi connectivity index (χ1v) is 8.44. The lowest BCUT2D eigenvalue weighted by molar-refractivity contribution is -0.123. The van der Waals surface area contributed by atoms with E-state index in [9.17, 15) is 4.79 Å². The Morgan fingerprint density at radius 1 is 1.30 bits per heavy atom. The number of nitrogens with one attached hydrogen (secondary N) is 2. The lowest BCUT2D eigenvalue weighted by atomic mass is 10.0. The fourth-order valence-corrected chi connectivity index (χ4v) is 2.91. The zero-order valence-electron chi connectivity index (χ0n) is 13.6. The van der Waals surface area contributed by atoms with Crippen LogP contribution < -0.4 is 10.6 Å². The number of carbonyl (C=O) groups is 1. The molecule has 0 aromatic carbocycles. The second kappa shape index (κ2) is 10.2. The van der Waals surface area contributed by atoms with E-state index >= 15 is 0 Å². The molecule has 0 saturated carbocycles. The van der Waals surface area contributed by atoms with Gasteiger partial charge in [0.1, 0.15) is 0 Å². The Labute approximate surface area is 124 Å². The molecule has 0 spiro atoms. The van der Waals surface area contributed by atoms with Crippen molar-refractivity contribution in [2.75, 3.05) is 26.2 Å². The minimum Gasteiger partial charge on any atom is -0.352 e. The fourth-order valence-electron chi connectivity index (χ4n) is 2.91. The third-order valence-electron chi connectivity index (χ3n) is 4.15. The highest BCUT2D eigenvalue weighted by Crippen LogP contribution is 2.09. The minimum atomic E-state index is 0.183. The summed E-state index contributed by atoms with van der Waals surface area (Å²) in [5.74, 6) is 0.183. The van der Waals surface area contributed by atoms with Crippen molar-refractivity contribution in [1.29, 1.82) is 0 Å². The van der Waals surface area contributed by atoms with E-state index in [0.29, 0.717) is 18.6 Å². The van der Waals surface area contributed by atoms with Gasteiger partial charge in [0, 0.05) is 18.6 Å². The van der Waals surface area contributed by atoms with Crippen molar-refractivity contribution < 1.29 is 4.79 Å². The molecule has 0 radical (unpaired) electrons. The second-order valence-corrected chi connectivity index (χ2v) is 5.96. The molecule has 1 fully saturated rings. The molecule has 0 aliphatic carbocycles. The Morgan fingerprint density at radius 3 is 2.60 bits per heavy atom. The topological polar surface area (TPSA) is 44.4 Å². The van der Waals surface area contributed by atoms with Crippen LogP contribution >= 0.6 is 0 Å². The van der Waals surface area contributed by atoms with Gasteiger partial charge in [0.05, 0.1) is 6.54 Å². The highest BCUT2D eigenvalue weighted by atomic mass is 16.2. The number of carbonyl (C=O) groups excluding carboxylic acids is 1. The molecule has 1 rings (SSSR count). The summed E-state index contributed by atoms with van der Waals surface area (Å²) in [4.78, 5) is 14.4. The van der Waals surface area contributed by atoms with Crippen LogP contribution in [-0.4, -0.2) is 49.1 Å². The van der Waals surface area contributed by atoms with Crippen molar-refractivity contribution in [1.82, 2.24) is 15.5 Å². The van der Waals surface area contributed by atoms with Gasteiger partial charge < -0.3 is 10.6 Å². The van der Waals surface area contributed by atoms with Crippen LogP contribution in [0.15, 0.2) is 0 Å². The van der Waals surface area contributed by atoms with Gasteiger partial charge in [-0.05, 0) is 45.2 Å². The molecular weight excluding hydrogens is 250 g/mol. The maximum Gasteiger partial charge on any atom is 0.234 e. The molecule has 2 N–H and O–H groups in total. The number of hydrogen-bond donors (Lipinski definition) is 2. The van der Waals surface area contributed by atoms with Gasteiger partial charge >= 0.3 is 0 Å². The van der Waals surface area contributed by atoms with Gasteiger partial charge in [-0.3, -0.25) is 9.69 Å². The van der Waals surface area contributed by atoms with Crippen molar-refractivity contribution in [2.24, 2.45) is 0 Å². The number of rotatable bonds is 9. The van der Waals surface area contributed by atoms with Gasteiger partial charge in [0.25, 0.3) is 0 Å². The zero-order chi connectivity index (χ0) is 14.8. The Morgan fingerprint density at radius 2 is 2.05 bits per heavy atom. The maximum absolute atomic E-state index is 12.1.